The molecule has 18 bridgehead atoms. The predicted molar refractivity (Wildman–Crippen MR) is 228 cm³/mol. The number of hydrogen-bond donors (Lipinski definition) is 0. The summed E-state index contributed by atoms with van der Waals surface area (Å²) >= 11 is 0. The van der Waals surface area contributed by atoms with Crippen LogP contribution in [-0.4, -0.2) is 0 Å². The van der Waals surface area contributed by atoms with Gasteiger partial charge in [-0.25, -0.2) is 0 Å². The topological polar surface area (TPSA) is 0 Å². The van der Waals surface area contributed by atoms with Crippen molar-refractivity contribution in [2.24, 2.45) is 0 Å². The van der Waals surface area contributed by atoms with Gasteiger partial charge in [0.15, 0.2) is 0 Å². The van der Waals surface area contributed by atoms with Crippen LogP contribution in [0, 0.1) is 0 Å². The summed E-state index contributed by atoms with van der Waals surface area (Å²) in [6.07, 6.45) is 12.2. The highest BCUT2D eigenvalue weighted by molar-refractivity contribution is 5.74. The molecule has 27 aliphatic carbocycles. The quantitative estimate of drug-likeness (QED) is 0.139. The van der Waals surface area contributed by atoms with Crippen molar-refractivity contribution < 1.29 is 0 Å². The zero-order valence-corrected chi connectivity index (χ0v) is 30.9. The molecule has 0 aromatic heterocycles. The Morgan fingerprint density at radius 3 is 0.593 bits per heavy atom. The summed E-state index contributed by atoms with van der Waals surface area (Å²) in [6.45, 7) is 0. The summed E-state index contributed by atoms with van der Waals surface area (Å²) in [5.74, 6) is 2.25. The molecule has 262 valence electrons. The van der Waals surface area contributed by atoms with Crippen molar-refractivity contribution in [1.29, 1.82) is 0 Å². The van der Waals surface area contributed by atoms with E-state index in [0.29, 0.717) is 23.7 Å². The molecular formula is C54H46. The fourth-order valence-electron chi connectivity index (χ4n) is 9.44. The molecule has 1 saturated carbocycles. The molecule has 0 spiro atoms. The summed E-state index contributed by atoms with van der Waals surface area (Å²) in [7, 11) is 0. The average molecular weight is 695 g/mol. The van der Waals surface area contributed by atoms with Gasteiger partial charge in [0.25, 0.3) is 0 Å². The Kier molecular flexibility index (Phi) is 8.68. The summed E-state index contributed by atoms with van der Waals surface area (Å²) in [5, 5.41) is 0. The van der Waals surface area contributed by atoms with Gasteiger partial charge >= 0.3 is 0 Å². The Labute approximate surface area is 320 Å². The van der Waals surface area contributed by atoms with Crippen LogP contribution >= 0.6 is 0 Å². The van der Waals surface area contributed by atoms with Gasteiger partial charge < -0.3 is 0 Å². The molecule has 0 saturated heterocycles. The molecule has 0 heteroatoms. The van der Waals surface area contributed by atoms with Crippen LogP contribution in [0.25, 0.3) is 55.6 Å². The minimum absolute atomic E-state index is 0.472. The van der Waals surface area contributed by atoms with Crippen molar-refractivity contribution in [2.45, 2.75) is 62.2 Å². The Morgan fingerprint density at radius 2 is 0.389 bits per heavy atom. The first-order valence-electron chi connectivity index (χ1n) is 20.1. The van der Waals surface area contributed by atoms with E-state index in [2.05, 4.69) is 182 Å². The van der Waals surface area contributed by atoms with E-state index in [-0.39, 0.29) is 0 Å². The molecule has 0 N–H and O–H groups in total. The molecule has 1 fully saturated rings. The van der Waals surface area contributed by atoms with Gasteiger partial charge in [0.05, 0.1) is 0 Å². The lowest BCUT2D eigenvalue weighted by Gasteiger charge is -2.29. The van der Waals surface area contributed by atoms with Crippen LogP contribution in [0.5, 0.6) is 0 Å². The maximum atomic E-state index is 2.44. The van der Waals surface area contributed by atoms with E-state index in [1.165, 1.54) is 116 Å². The van der Waals surface area contributed by atoms with E-state index in [0.717, 1.165) is 0 Å². The Hall–Kier alpha value is -5.72. The molecule has 27 aliphatic rings. The van der Waals surface area contributed by atoms with Gasteiger partial charge in [-0.3, -0.25) is 0 Å². The van der Waals surface area contributed by atoms with Crippen molar-refractivity contribution in [2.75, 3.05) is 0 Å². The smallest absolute Gasteiger partial charge is 0.00185 e. The van der Waals surface area contributed by atoms with Gasteiger partial charge in [-0.1, -0.05) is 182 Å². The highest BCUT2D eigenvalue weighted by Crippen LogP contribution is 2.42. The normalized spacial score (nSPS) is 20.1. The summed E-state index contributed by atoms with van der Waals surface area (Å²) < 4.78 is 0. The second-order valence-corrected chi connectivity index (χ2v) is 15.9. The van der Waals surface area contributed by atoms with E-state index < -0.39 is 0 Å². The zero-order chi connectivity index (χ0) is 35.8. The summed E-state index contributed by atoms with van der Waals surface area (Å²) in [4.78, 5) is 0. The van der Waals surface area contributed by atoms with Gasteiger partial charge in [0.1, 0.15) is 0 Å². The van der Waals surface area contributed by atoms with Crippen LogP contribution in [0.3, 0.4) is 0 Å². The first-order chi connectivity index (χ1) is 26.7. The van der Waals surface area contributed by atoms with Crippen LogP contribution in [0.1, 0.15) is 84.5 Å². The van der Waals surface area contributed by atoms with E-state index >= 15 is 0 Å². The summed E-state index contributed by atoms with van der Waals surface area (Å²) in [6, 6.07) is 64.6. The molecule has 0 radical (unpaired) electrons. The third kappa shape index (κ3) is 6.56. The Balaban J connectivity index is 0.933. The third-order valence-corrected chi connectivity index (χ3v) is 12.9. The van der Waals surface area contributed by atoms with Crippen LogP contribution < -0.4 is 0 Å². The lowest BCUT2D eigenvalue weighted by Crippen LogP contribution is -2.12. The molecule has 34 rings (SSSR count). The van der Waals surface area contributed by atoms with Crippen LogP contribution in [-0.2, 0) is 0 Å². The van der Waals surface area contributed by atoms with Crippen molar-refractivity contribution in [3.05, 3.63) is 204 Å². The van der Waals surface area contributed by atoms with Gasteiger partial charge in [-0.2, -0.15) is 0 Å². The maximum absolute atomic E-state index is 2.44. The highest BCUT2D eigenvalue weighted by Gasteiger charge is 2.24. The Morgan fingerprint density at radius 1 is 0.204 bits per heavy atom. The van der Waals surface area contributed by atoms with Crippen LogP contribution in [0.2, 0.25) is 0 Å². The van der Waals surface area contributed by atoms with E-state index in [1.54, 1.807) is 0 Å². The van der Waals surface area contributed by atoms with E-state index in [9.17, 15) is 0 Å². The fourth-order valence-corrected chi connectivity index (χ4v) is 9.44. The molecule has 0 nitrogen and oxygen atoms in total. The van der Waals surface area contributed by atoms with Crippen LogP contribution in [0.4, 0.5) is 0 Å². The largest absolute Gasteiger partial charge is 0.0804 e. The minimum Gasteiger partial charge on any atom is -0.0804 e. The third-order valence-electron chi connectivity index (χ3n) is 12.9. The Bertz CT molecular complexity index is 2370. The highest BCUT2D eigenvalue weighted by atomic mass is 14.3. The average Bonchev–Trinajstić information content (AvgIpc) is 3.27. The molecular weight excluding hydrogens is 649 g/mol. The first kappa shape index (κ1) is 32.9. The lowest BCUT2D eigenvalue weighted by molar-refractivity contribution is 0.396. The number of benzene rings is 7. The van der Waals surface area contributed by atoms with Gasteiger partial charge in [-0.15, -0.1) is 0 Å². The number of rotatable bonds is 0. The van der Waals surface area contributed by atoms with Gasteiger partial charge in [0.2, 0.25) is 0 Å². The zero-order valence-electron chi connectivity index (χ0n) is 30.9. The van der Waals surface area contributed by atoms with E-state index in [1.807, 2.05) is 0 Å². The number of hydrogen-bond acceptors (Lipinski definition) is 0. The second kappa shape index (κ2) is 14.3. The molecule has 7 aromatic rings. The monoisotopic (exact) mass is 694 g/mol. The standard InChI is InChI=1S/C54H46/c1-2-38-4-3-37(1)39-5-7-41(8-6-39)43-13-15-45(16-14-43)47-21-23-49(24-22-47)51-29-31-53(32-30-51)54-35-33-52(34-36-54)50-27-25-48(26-28-50)46-19-17-44(18-20-46)42-11-9-40(38)10-12-42/h1-17,19,25-36,44,46-47,49H,18,20-24H2. The number of allylic oxidation sites excluding steroid dienone is 2. The lowest BCUT2D eigenvalue weighted by atomic mass is 9.76. The molecule has 0 heterocycles. The maximum Gasteiger partial charge on any atom is 0.00185 e. The molecule has 2 atom stereocenters. The molecule has 54 heavy (non-hydrogen) atoms. The first-order valence-corrected chi connectivity index (χ1v) is 20.1. The molecule has 2 unspecified atom stereocenters. The molecule has 0 aliphatic heterocycles. The molecule has 0 amide bonds. The minimum atomic E-state index is 0.472. The van der Waals surface area contributed by atoms with Crippen molar-refractivity contribution in [1.82, 2.24) is 0 Å². The van der Waals surface area contributed by atoms with E-state index in [4.69, 9.17) is 0 Å². The van der Waals surface area contributed by atoms with Crippen LogP contribution in [0.15, 0.2) is 182 Å². The van der Waals surface area contributed by atoms with Crippen molar-refractivity contribution >= 4 is 0 Å². The second-order valence-electron chi connectivity index (χ2n) is 15.9. The van der Waals surface area contributed by atoms with Crippen molar-refractivity contribution in [3.8, 4) is 55.6 Å². The van der Waals surface area contributed by atoms with Crippen molar-refractivity contribution in [3.63, 3.8) is 0 Å². The fraction of sp³-hybridized carbons (Fsp3) is 0.185. The SMILES string of the molecule is C1=CC2CCC1c1ccc(cc1)-c1ccc(cc1)-c1ccc(cc1)-c1ccc(cc1)C1CCC(CC1)c1ccc(cc1)-c1ccc(cc1)-c1ccc2cc1. The summed E-state index contributed by atoms with van der Waals surface area (Å²) in [5.41, 5.74) is 18.5. The molecule has 7 aromatic carbocycles. The van der Waals surface area contributed by atoms with Gasteiger partial charge in [0, 0.05) is 11.8 Å². The van der Waals surface area contributed by atoms with Gasteiger partial charge in [-0.05, 0) is 128 Å². The predicted octanol–water partition coefficient (Wildman–Crippen LogP) is 15.0.